The molecule has 1 heterocycles. The van der Waals surface area contributed by atoms with Crippen LogP contribution in [0.25, 0.3) is 11.0 Å². The van der Waals surface area contributed by atoms with Gasteiger partial charge in [0, 0.05) is 13.7 Å². The molecule has 0 aliphatic heterocycles. The zero-order chi connectivity index (χ0) is 13.8. The van der Waals surface area contributed by atoms with Crippen LogP contribution in [0.15, 0.2) is 18.2 Å². The number of fused-ring (bicyclic) bond motifs is 1. The van der Waals surface area contributed by atoms with Gasteiger partial charge < -0.3 is 9.30 Å². The minimum Gasteiger partial charge on any atom is -0.384 e. The molecule has 2 aromatic rings. The second-order valence-corrected chi connectivity index (χ2v) is 4.92. The molecule has 0 fully saturated rings. The van der Waals surface area contributed by atoms with E-state index in [0.29, 0.717) is 24.0 Å². The molecule has 19 heavy (non-hydrogen) atoms. The van der Waals surface area contributed by atoms with E-state index in [1.165, 1.54) is 0 Å². The predicted octanol–water partition coefficient (Wildman–Crippen LogP) is 2.93. The molecule has 2 rings (SSSR count). The molecule has 0 saturated heterocycles. The minimum absolute atomic E-state index is 0.357. The maximum absolute atomic E-state index is 8.99. The van der Waals surface area contributed by atoms with Gasteiger partial charge in [-0.25, -0.2) is 4.98 Å². The first-order chi connectivity index (χ1) is 9.19. The van der Waals surface area contributed by atoms with Crippen LogP contribution in [0.1, 0.15) is 18.3 Å². The van der Waals surface area contributed by atoms with Crippen LogP contribution < -0.4 is 0 Å². The third-order valence-electron chi connectivity index (χ3n) is 3.02. The van der Waals surface area contributed by atoms with E-state index in [1.807, 2.05) is 12.1 Å². The molecule has 0 bridgehead atoms. The Bertz CT molecular complexity index is 615. The van der Waals surface area contributed by atoms with Gasteiger partial charge in [0.15, 0.2) is 0 Å². The average Bonchev–Trinajstić information content (AvgIpc) is 2.76. The van der Waals surface area contributed by atoms with Crippen molar-refractivity contribution < 1.29 is 4.74 Å². The summed E-state index contributed by atoms with van der Waals surface area (Å²) in [5, 5.41) is 8.99. The molecule has 0 N–H and O–H groups in total. The smallest absolute Gasteiger partial charge is 0.124 e. The molecule has 1 aromatic heterocycles. The Morgan fingerprint density at radius 3 is 2.95 bits per heavy atom. The number of ether oxygens (including phenoxy) is 1. The number of benzene rings is 1. The molecule has 0 spiro atoms. The molecule has 0 radical (unpaired) electrons. The lowest BCUT2D eigenvalue weighted by Crippen LogP contribution is -2.14. The summed E-state index contributed by atoms with van der Waals surface area (Å²) in [6.07, 6.45) is 0. The van der Waals surface area contributed by atoms with Gasteiger partial charge >= 0.3 is 0 Å². The van der Waals surface area contributed by atoms with Crippen LogP contribution in [0, 0.1) is 17.2 Å². The number of imidazole rings is 1. The van der Waals surface area contributed by atoms with Gasteiger partial charge in [-0.1, -0.05) is 6.92 Å². The Balaban J connectivity index is 2.46. The van der Waals surface area contributed by atoms with Crippen molar-refractivity contribution >= 4 is 22.6 Å². The van der Waals surface area contributed by atoms with Crippen molar-refractivity contribution in [1.29, 1.82) is 5.26 Å². The Morgan fingerprint density at radius 2 is 2.32 bits per heavy atom. The van der Waals surface area contributed by atoms with Crippen LogP contribution in [0.3, 0.4) is 0 Å². The highest BCUT2D eigenvalue weighted by Gasteiger charge is 2.13. The molecule has 1 unspecified atom stereocenters. The zero-order valence-electron chi connectivity index (χ0n) is 11.1. The van der Waals surface area contributed by atoms with Crippen LogP contribution in [0.4, 0.5) is 0 Å². The number of nitriles is 1. The first-order valence-corrected chi connectivity index (χ1v) is 6.67. The number of methoxy groups -OCH3 is 1. The van der Waals surface area contributed by atoms with Crippen molar-refractivity contribution in [3.63, 3.8) is 0 Å². The van der Waals surface area contributed by atoms with E-state index < -0.39 is 0 Å². The molecule has 4 nitrogen and oxygen atoms in total. The Morgan fingerprint density at radius 1 is 1.53 bits per heavy atom. The van der Waals surface area contributed by atoms with Crippen molar-refractivity contribution in [1.82, 2.24) is 9.55 Å². The first-order valence-electron chi connectivity index (χ1n) is 6.13. The number of rotatable bonds is 5. The van der Waals surface area contributed by atoms with E-state index in [0.717, 1.165) is 23.4 Å². The third kappa shape index (κ3) is 2.89. The Labute approximate surface area is 117 Å². The number of nitrogens with zero attached hydrogens (tertiary/aromatic N) is 3. The minimum atomic E-state index is 0.357. The summed E-state index contributed by atoms with van der Waals surface area (Å²) in [7, 11) is 1.69. The Kier molecular flexibility index (Phi) is 4.41. The van der Waals surface area contributed by atoms with E-state index in [2.05, 4.69) is 22.5 Å². The van der Waals surface area contributed by atoms with Crippen LogP contribution in [-0.4, -0.2) is 23.3 Å². The number of hydrogen-bond acceptors (Lipinski definition) is 3. The van der Waals surface area contributed by atoms with Crippen molar-refractivity contribution in [2.75, 3.05) is 13.7 Å². The van der Waals surface area contributed by atoms with Crippen LogP contribution in [0.2, 0.25) is 0 Å². The van der Waals surface area contributed by atoms with Crippen LogP contribution in [0.5, 0.6) is 0 Å². The summed E-state index contributed by atoms with van der Waals surface area (Å²) in [5.41, 5.74) is 2.46. The number of aromatic nitrogens is 2. The highest BCUT2D eigenvalue weighted by Crippen LogP contribution is 2.20. The molecule has 0 aliphatic rings. The molecule has 1 atom stereocenters. The number of halogens is 1. The van der Waals surface area contributed by atoms with E-state index in [-0.39, 0.29) is 0 Å². The van der Waals surface area contributed by atoms with Gasteiger partial charge in [0.2, 0.25) is 0 Å². The number of hydrogen-bond donors (Lipinski definition) is 0. The van der Waals surface area contributed by atoms with Gasteiger partial charge in [0.05, 0.1) is 35.2 Å². The van der Waals surface area contributed by atoms with E-state index in [9.17, 15) is 0 Å². The lowest BCUT2D eigenvalue weighted by molar-refractivity contribution is 0.151. The molecule has 100 valence electrons. The van der Waals surface area contributed by atoms with Crippen molar-refractivity contribution in [3.05, 3.63) is 29.6 Å². The lowest BCUT2D eigenvalue weighted by atomic mass is 10.2. The van der Waals surface area contributed by atoms with Crippen LogP contribution >= 0.6 is 11.6 Å². The summed E-state index contributed by atoms with van der Waals surface area (Å²) in [4.78, 5) is 4.50. The van der Waals surface area contributed by atoms with E-state index >= 15 is 0 Å². The fourth-order valence-corrected chi connectivity index (χ4v) is 2.40. The average molecular weight is 278 g/mol. The summed E-state index contributed by atoms with van der Waals surface area (Å²) in [6, 6.07) is 7.65. The molecule has 0 saturated carbocycles. The third-order valence-corrected chi connectivity index (χ3v) is 3.26. The van der Waals surface area contributed by atoms with E-state index in [4.69, 9.17) is 21.6 Å². The SMILES string of the molecule is COCC(C)Cn1c(CCl)nc2ccc(C#N)cc21. The highest BCUT2D eigenvalue weighted by molar-refractivity contribution is 6.16. The quantitative estimate of drug-likeness (QED) is 0.790. The molecule has 0 aliphatic carbocycles. The second kappa shape index (κ2) is 6.05. The first kappa shape index (κ1) is 13.9. The molecule has 0 amide bonds. The zero-order valence-corrected chi connectivity index (χ0v) is 11.8. The molecule has 1 aromatic carbocycles. The van der Waals surface area contributed by atoms with Gasteiger partial charge in [0.1, 0.15) is 5.82 Å². The van der Waals surface area contributed by atoms with Gasteiger partial charge in [0.25, 0.3) is 0 Å². The van der Waals surface area contributed by atoms with Gasteiger partial charge in [-0.2, -0.15) is 5.26 Å². The Hall–Kier alpha value is -1.57. The molecule has 5 heteroatoms. The summed E-state index contributed by atoms with van der Waals surface area (Å²) in [6.45, 7) is 3.57. The molecular weight excluding hydrogens is 262 g/mol. The monoisotopic (exact) mass is 277 g/mol. The summed E-state index contributed by atoms with van der Waals surface area (Å²) >= 11 is 5.96. The standard InChI is InChI=1S/C14H16ClN3O/c1-10(9-19-2)8-18-13-5-11(7-16)3-4-12(13)17-14(18)6-15/h3-5,10H,6,8-9H2,1-2H3. The van der Waals surface area contributed by atoms with Crippen LogP contribution in [-0.2, 0) is 17.2 Å². The predicted molar refractivity (Wildman–Crippen MR) is 75.0 cm³/mol. The van der Waals surface area contributed by atoms with Crippen molar-refractivity contribution in [2.24, 2.45) is 5.92 Å². The molecular formula is C14H16ClN3O. The fourth-order valence-electron chi connectivity index (χ4n) is 2.20. The fraction of sp³-hybridized carbons (Fsp3) is 0.429. The van der Waals surface area contributed by atoms with Gasteiger partial charge in [-0.15, -0.1) is 11.6 Å². The topological polar surface area (TPSA) is 50.8 Å². The second-order valence-electron chi connectivity index (χ2n) is 4.65. The lowest BCUT2D eigenvalue weighted by Gasteiger charge is -2.13. The highest BCUT2D eigenvalue weighted by atomic mass is 35.5. The van der Waals surface area contributed by atoms with Crippen molar-refractivity contribution in [2.45, 2.75) is 19.3 Å². The van der Waals surface area contributed by atoms with Gasteiger partial charge in [-0.3, -0.25) is 0 Å². The van der Waals surface area contributed by atoms with Gasteiger partial charge in [-0.05, 0) is 24.1 Å². The maximum Gasteiger partial charge on any atom is 0.124 e. The van der Waals surface area contributed by atoms with E-state index in [1.54, 1.807) is 13.2 Å². The summed E-state index contributed by atoms with van der Waals surface area (Å²) < 4.78 is 7.24. The maximum atomic E-state index is 8.99. The number of alkyl halides is 1. The van der Waals surface area contributed by atoms with Crippen molar-refractivity contribution in [3.8, 4) is 6.07 Å². The normalized spacial score (nSPS) is 12.5. The largest absolute Gasteiger partial charge is 0.384 e. The summed E-state index contributed by atoms with van der Waals surface area (Å²) in [5.74, 6) is 1.54.